The number of aliphatic hydroxyl groups is 1. The van der Waals surface area contributed by atoms with E-state index in [0.29, 0.717) is 63.6 Å². The Morgan fingerprint density at radius 2 is 1.82 bits per heavy atom. The van der Waals surface area contributed by atoms with E-state index in [4.69, 9.17) is 38.9 Å². The molecule has 0 unspecified atom stereocenters. The number of carbonyl (C=O) groups excluding carboxylic acids is 1. The number of imidazole rings is 1. The number of nitriles is 1. The van der Waals surface area contributed by atoms with E-state index in [-0.39, 0.29) is 30.0 Å². The average Bonchev–Trinajstić information content (AvgIpc) is 3.12. The van der Waals surface area contributed by atoms with Crippen molar-refractivity contribution in [2.45, 2.75) is 76.0 Å². The number of hydrogen-bond donors (Lipinski definition) is 4. The van der Waals surface area contributed by atoms with Gasteiger partial charge in [-0.15, -0.1) is 0 Å². The number of nitrogens with two attached hydrogens (primary N) is 1. The molecule has 200 valence electrons. The van der Waals surface area contributed by atoms with Crippen molar-refractivity contribution < 1.29 is 9.90 Å². The van der Waals surface area contributed by atoms with Crippen molar-refractivity contribution in [3.63, 3.8) is 0 Å². The fourth-order valence-electron chi connectivity index (χ4n) is 5.53. The second kappa shape index (κ2) is 11.3. The molecule has 10 nitrogen and oxygen atoms in total. The number of primary amides is 1. The Bertz CT molecular complexity index is 1360. The highest BCUT2D eigenvalue weighted by Gasteiger charge is 2.30. The maximum absolute atomic E-state index is 11.8. The molecule has 2 aliphatic carbocycles. The maximum atomic E-state index is 11.8. The second-order valence-corrected chi connectivity index (χ2v) is 11.0. The van der Waals surface area contributed by atoms with Crippen LogP contribution in [-0.4, -0.2) is 42.7 Å². The third kappa shape index (κ3) is 5.65. The molecule has 0 spiro atoms. The summed E-state index contributed by atoms with van der Waals surface area (Å²) in [5.74, 6) is 0.554. The van der Waals surface area contributed by atoms with Crippen LogP contribution in [-0.2, 0) is 4.79 Å². The van der Waals surface area contributed by atoms with Gasteiger partial charge in [-0.25, -0.2) is 9.97 Å². The Balaban J connectivity index is 1.52. The summed E-state index contributed by atoms with van der Waals surface area (Å²) in [4.78, 5) is 25.9. The molecular formula is C26H30Cl2N8O2. The zero-order valence-corrected chi connectivity index (χ0v) is 22.3. The molecule has 5 N–H and O–H groups in total. The summed E-state index contributed by atoms with van der Waals surface area (Å²) < 4.78 is 2.02. The quantitative estimate of drug-likeness (QED) is 0.306. The van der Waals surface area contributed by atoms with Crippen molar-refractivity contribution in [1.29, 1.82) is 5.26 Å². The van der Waals surface area contributed by atoms with Crippen molar-refractivity contribution in [2.24, 2.45) is 11.7 Å². The Morgan fingerprint density at radius 3 is 2.50 bits per heavy atom. The first-order valence-electron chi connectivity index (χ1n) is 13.0. The van der Waals surface area contributed by atoms with E-state index in [2.05, 4.69) is 15.6 Å². The molecule has 1 amide bonds. The summed E-state index contributed by atoms with van der Waals surface area (Å²) in [6.45, 7) is 0. The van der Waals surface area contributed by atoms with Crippen molar-refractivity contribution >= 4 is 57.9 Å². The molecule has 12 heteroatoms. The Morgan fingerprint density at radius 1 is 1.11 bits per heavy atom. The van der Waals surface area contributed by atoms with Crippen LogP contribution in [0.2, 0.25) is 10.0 Å². The number of carbonyl (C=O) groups is 1. The largest absolute Gasteiger partial charge is 0.393 e. The predicted octanol–water partition coefficient (Wildman–Crippen LogP) is 5.07. The van der Waals surface area contributed by atoms with Crippen LogP contribution in [0.4, 0.5) is 17.6 Å². The van der Waals surface area contributed by atoms with E-state index in [1.807, 2.05) is 10.6 Å². The van der Waals surface area contributed by atoms with Gasteiger partial charge in [0.25, 0.3) is 0 Å². The SMILES string of the molecule is N#Cc1cc(Cl)c(Nc2nc3cnc(N[C@H]4CCCC[C@H](O)C4)nc3n2[C@H]2CC[C@H](C(N)=O)CC2)c(Cl)c1. The minimum atomic E-state index is -0.331. The number of amides is 1. The van der Waals surface area contributed by atoms with Gasteiger partial charge in [0, 0.05) is 18.0 Å². The molecule has 2 atom stereocenters. The highest BCUT2D eigenvalue weighted by atomic mass is 35.5. The lowest BCUT2D eigenvalue weighted by Crippen LogP contribution is -2.29. The van der Waals surface area contributed by atoms with Gasteiger partial charge in [-0.1, -0.05) is 36.0 Å². The molecule has 0 radical (unpaired) electrons. The van der Waals surface area contributed by atoms with E-state index in [0.717, 1.165) is 38.5 Å². The number of rotatable bonds is 6. The van der Waals surface area contributed by atoms with Crippen LogP contribution in [0.3, 0.4) is 0 Å². The molecule has 2 aromatic heterocycles. The first kappa shape index (κ1) is 26.5. The van der Waals surface area contributed by atoms with Crippen LogP contribution >= 0.6 is 23.2 Å². The number of anilines is 3. The molecule has 2 aliphatic rings. The van der Waals surface area contributed by atoms with Crippen LogP contribution in [0.1, 0.15) is 69.4 Å². The molecule has 3 aromatic rings. The Labute approximate surface area is 230 Å². The molecular weight excluding hydrogens is 527 g/mol. The van der Waals surface area contributed by atoms with Crippen molar-refractivity contribution in [3.05, 3.63) is 33.9 Å². The Hall–Kier alpha value is -3.13. The summed E-state index contributed by atoms with van der Waals surface area (Å²) >= 11 is 12.9. The summed E-state index contributed by atoms with van der Waals surface area (Å²) in [5, 5.41) is 26.7. The van der Waals surface area contributed by atoms with Crippen molar-refractivity contribution in [3.8, 4) is 6.07 Å². The maximum Gasteiger partial charge on any atom is 0.224 e. The minimum absolute atomic E-state index is 0.0106. The average molecular weight is 557 g/mol. The molecule has 0 aliphatic heterocycles. The van der Waals surface area contributed by atoms with E-state index in [1.165, 1.54) is 0 Å². The van der Waals surface area contributed by atoms with Gasteiger partial charge < -0.3 is 21.5 Å². The number of fused-ring (bicyclic) bond motifs is 1. The number of aromatic nitrogens is 4. The van der Waals surface area contributed by atoms with E-state index in [9.17, 15) is 15.2 Å². The van der Waals surface area contributed by atoms with Crippen molar-refractivity contribution in [1.82, 2.24) is 19.5 Å². The van der Waals surface area contributed by atoms with Gasteiger partial charge in [-0.3, -0.25) is 9.36 Å². The first-order chi connectivity index (χ1) is 18.3. The number of nitrogens with zero attached hydrogens (tertiary/aromatic N) is 5. The topological polar surface area (TPSA) is 155 Å². The third-order valence-corrected chi connectivity index (χ3v) is 8.13. The second-order valence-electron chi connectivity index (χ2n) is 10.2. The van der Waals surface area contributed by atoms with Gasteiger partial charge in [0.15, 0.2) is 5.65 Å². The smallest absolute Gasteiger partial charge is 0.224 e. The fourth-order valence-corrected chi connectivity index (χ4v) is 6.11. The minimum Gasteiger partial charge on any atom is -0.393 e. The summed E-state index contributed by atoms with van der Waals surface area (Å²) in [6, 6.07) is 5.23. The van der Waals surface area contributed by atoms with Crippen LogP contribution in [0, 0.1) is 17.2 Å². The van der Waals surface area contributed by atoms with Gasteiger partial charge in [-0.2, -0.15) is 10.2 Å². The van der Waals surface area contributed by atoms with Crippen molar-refractivity contribution in [2.75, 3.05) is 10.6 Å². The predicted molar refractivity (Wildman–Crippen MR) is 146 cm³/mol. The monoisotopic (exact) mass is 556 g/mol. The normalized spacial score (nSPS) is 23.9. The van der Waals surface area contributed by atoms with Gasteiger partial charge in [-0.05, 0) is 57.1 Å². The van der Waals surface area contributed by atoms with Crippen LogP contribution in [0.25, 0.3) is 11.2 Å². The highest BCUT2D eigenvalue weighted by Crippen LogP contribution is 2.39. The van der Waals surface area contributed by atoms with Crippen LogP contribution < -0.4 is 16.4 Å². The van der Waals surface area contributed by atoms with Crippen LogP contribution in [0.5, 0.6) is 0 Å². The van der Waals surface area contributed by atoms with Gasteiger partial charge in [0.1, 0.15) is 5.52 Å². The first-order valence-corrected chi connectivity index (χ1v) is 13.7. The highest BCUT2D eigenvalue weighted by molar-refractivity contribution is 6.39. The number of hydrogen-bond acceptors (Lipinski definition) is 8. The molecule has 2 fully saturated rings. The third-order valence-electron chi connectivity index (χ3n) is 7.53. The van der Waals surface area contributed by atoms with Gasteiger partial charge in [0.2, 0.25) is 17.8 Å². The Kier molecular flexibility index (Phi) is 7.88. The number of benzene rings is 1. The lowest BCUT2D eigenvalue weighted by molar-refractivity contribution is -0.122. The fraction of sp³-hybridized carbons (Fsp3) is 0.500. The number of halogens is 2. The van der Waals surface area contributed by atoms with Crippen LogP contribution in [0.15, 0.2) is 18.3 Å². The van der Waals surface area contributed by atoms with Gasteiger partial charge in [0.05, 0.1) is 39.7 Å². The summed E-state index contributed by atoms with van der Waals surface area (Å²) in [7, 11) is 0. The lowest BCUT2D eigenvalue weighted by Gasteiger charge is -2.29. The molecule has 38 heavy (non-hydrogen) atoms. The zero-order valence-electron chi connectivity index (χ0n) is 20.8. The molecule has 0 bridgehead atoms. The molecule has 1 aromatic carbocycles. The van der Waals surface area contributed by atoms with E-state index in [1.54, 1.807) is 18.3 Å². The van der Waals surface area contributed by atoms with Gasteiger partial charge >= 0.3 is 0 Å². The lowest BCUT2D eigenvalue weighted by atomic mass is 9.85. The number of nitrogens with one attached hydrogen (secondary N) is 2. The van der Waals surface area contributed by atoms with E-state index < -0.39 is 0 Å². The molecule has 2 saturated carbocycles. The zero-order chi connectivity index (χ0) is 26.8. The summed E-state index contributed by atoms with van der Waals surface area (Å²) in [5.41, 5.74) is 7.60. The molecule has 2 heterocycles. The van der Waals surface area contributed by atoms with E-state index >= 15 is 0 Å². The molecule has 5 rings (SSSR count). The summed E-state index contributed by atoms with van der Waals surface area (Å²) in [6.07, 6.45) is 8.61. The number of aliphatic hydroxyl groups excluding tert-OH is 1. The standard InChI is InChI=1S/C26H30Cl2N8O2/c27-19-9-14(12-29)10-20(28)22(19)34-26-33-21-13-31-25(32-16-3-1-2-4-18(37)11-16)35-24(21)36(26)17-7-5-15(6-8-17)23(30)38/h9-10,13,15-18,37H,1-8,11H2,(H2,30,38)(H,33,34)(H,31,32,35)/t15-,16-,17-,18-/m0/s1. The molecule has 0 saturated heterocycles.